The molecular weight excluding hydrogens is 319 g/mol. The predicted molar refractivity (Wildman–Crippen MR) is 74.3 cm³/mol. The van der Waals surface area contributed by atoms with Crippen molar-refractivity contribution in [3.8, 4) is 0 Å². The van der Waals surface area contributed by atoms with Crippen LogP contribution in [0.3, 0.4) is 0 Å². The number of hydrogen-bond acceptors (Lipinski definition) is 5. The van der Waals surface area contributed by atoms with Crippen LogP contribution in [0.4, 0.5) is 18.9 Å². The number of aryl methyl sites for hydroxylation is 1. The van der Waals surface area contributed by atoms with Gasteiger partial charge in [-0.15, -0.1) is 11.3 Å². The SMILES string of the molecule is Cc1csc(C(O)(CC(=O)Nc2ccncc2)C(F)(F)F)n1. The van der Waals surface area contributed by atoms with Crippen LogP contribution in [-0.4, -0.2) is 27.2 Å². The maximum atomic E-state index is 13.2. The molecule has 9 heteroatoms. The smallest absolute Gasteiger partial charge is 0.374 e. The van der Waals surface area contributed by atoms with Crippen LogP contribution in [0.1, 0.15) is 17.1 Å². The Hall–Kier alpha value is -2.00. The molecule has 2 aromatic heterocycles. The van der Waals surface area contributed by atoms with E-state index in [0.717, 1.165) is 0 Å². The third-order valence-electron chi connectivity index (χ3n) is 2.82. The first kappa shape index (κ1) is 16.4. The first-order chi connectivity index (χ1) is 10.2. The lowest BCUT2D eigenvalue weighted by molar-refractivity contribution is -0.266. The van der Waals surface area contributed by atoms with Gasteiger partial charge in [-0.1, -0.05) is 0 Å². The zero-order valence-electron chi connectivity index (χ0n) is 11.4. The van der Waals surface area contributed by atoms with Gasteiger partial charge >= 0.3 is 6.18 Å². The van der Waals surface area contributed by atoms with Gasteiger partial charge in [0, 0.05) is 29.2 Å². The predicted octanol–water partition coefficient (Wildman–Crippen LogP) is 2.63. The number of rotatable bonds is 4. The maximum absolute atomic E-state index is 13.2. The average Bonchev–Trinajstić information content (AvgIpc) is 2.85. The third kappa shape index (κ3) is 3.42. The normalized spacial score (nSPS) is 14.4. The van der Waals surface area contributed by atoms with E-state index in [2.05, 4.69) is 15.3 Å². The highest BCUT2D eigenvalue weighted by molar-refractivity contribution is 7.09. The van der Waals surface area contributed by atoms with Crippen LogP contribution in [0.2, 0.25) is 0 Å². The number of nitrogens with zero attached hydrogens (tertiary/aromatic N) is 2. The molecular formula is C13H12F3N3O2S. The first-order valence-electron chi connectivity index (χ1n) is 6.14. The molecule has 0 aliphatic rings. The lowest BCUT2D eigenvalue weighted by Crippen LogP contribution is -2.45. The summed E-state index contributed by atoms with van der Waals surface area (Å²) in [7, 11) is 0. The van der Waals surface area contributed by atoms with Gasteiger partial charge < -0.3 is 10.4 Å². The highest BCUT2D eigenvalue weighted by Gasteiger charge is 2.58. The van der Waals surface area contributed by atoms with Gasteiger partial charge in [-0.3, -0.25) is 9.78 Å². The second-order valence-electron chi connectivity index (χ2n) is 4.61. The van der Waals surface area contributed by atoms with Crippen LogP contribution in [0.25, 0.3) is 0 Å². The van der Waals surface area contributed by atoms with E-state index in [1.54, 1.807) is 0 Å². The molecule has 118 valence electrons. The van der Waals surface area contributed by atoms with Gasteiger partial charge in [0.2, 0.25) is 11.5 Å². The lowest BCUT2D eigenvalue weighted by Gasteiger charge is -2.27. The van der Waals surface area contributed by atoms with Crippen molar-refractivity contribution in [3.63, 3.8) is 0 Å². The number of nitrogens with one attached hydrogen (secondary N) is 1. The van der Waals surface area contributed by atoms with Gasteiger partial charge in [-0.25, -0.2) is 4.98 Å². The number of carbonyl (C=O) groups is 1. The van der Waals surface area contributed by atoms with Crippen LogP contribution >= 0.6 is 11.3 Å². The highest BCUT2D eigenvalue weighted by atomic mass is 32.1. The Labute approximate surface area is 127 Å². The number of aromatic nitrogens is 2. The highest BCUT2D eigenvalue weighted by Crippen LogP contribution is 2.42. The molecule has 2 rings (SSSR count). The molecule has 22 heavy (non-hydrogen) atoms. The maximum Gasteiger partial charge on any atom is 0.424 e. The number of carbonyl (C=O) groups excluding carboxylic acids is 1. The van der Waals surface area contributed by atoms with Gasteiger partial charge in [0.05, 0.1) is 6.42 Å². The summed E-state index contributed by atoms with van der Waals surface area (Å²) in [4.78, 5) is 19.2. The fraction of sp³-hybridized carbons (Fsp3) is 0.308. The molecule has 2 aromatic rings. The number of halogens is 3. The van der Waals surface area contributed by atoms with Crippen molar-refractivity contribution in [2.45, 2.75) is 25.1 Å². The van der Waals surface area contributed by atoms with Crippen LogP contribution in [-0.2, 0) is 10.4 Å². The van der Waals surface area contributed by atoms with E-state index < -0.39 is 29.1 Å². The molecule has 0 radical (unpaired) electrons. The number of amides is 1. The number of thiazole rings is 1. The number of hydrogen-bond donors (Lipinski definition) is 2. The molecule has 0 saturated heterocycles. The second kappa shape index (κ2) is 6.01. The van der Waals surface area contributed by atoms with E-state index in [9.17, 15) is 23.1 Å². The monoisotopic (exact) mass is 331 g/mol. The quantitative estimate of drug-likeness (QED) is 0.903. The topological polar surface area (TPSA) is 75.1 Å². The van der Waals surface area contributed by atoms with Crippen LogP contribution in [0.5, 0.6) is 0 Å². The summed E-state index contributed by atoms with van der Waals surface area (Å²) >= 11 is 0.661. The van der Waals surface area contributed by atoms with Crippen molar-refractivity contribution >= 4 is 22.9 Å². The molecule has 0 aliphatic heterocycles. The van der Waals surface area contributed by atoms with E-state index >= 15 is 0 Å². The molecule has 0 bridgehead atoms. The summed E-state index contributed by atoms with van der Waals surface area (Å²) in [5.74, 6) is -0.973. The van der Waals surface area contributed by atoms with Crippen molar-refractivity contribution in [2.24, 2.45) is 0 Å². The van der Waals surface area contributed by atoms with Crippen LogP contribution in [0, 0.1) is 6.92 Å². The summed E-state index contributed by atoms with van der Waals surface area (Å²) in [6.45, 7) is 1.51. The van der Waals surface area contributed by atoms with Gasteiger partial charge in [0.15, 0.2) is 0 Å². The molecule has 0 spiro atoms. The minimum Gasteiger partial charge on any atom is -0.374 e. The number of aliphatic hydroxyl groups is 1. The Bertz CT molecular complexity index is 660. The van der Waals surface area contributed by atoms with E-state index in [1.165, 1.54) is 36.8 Å². The van der Waals surface area contributed by atoms with Crippen molar-refractivity contribution in [2.75, 3.05) is 5.32 Å². The van der Waals surface area contributed by atoms with Gasteiger partial charge in [-0.2, -0.15) is 13.2 Å². The fourth-order valence-corrected chi connectivity index (χ4v) is 2.63. The largest absolute Gasteiger partial charge is 0.424 e. The number of alkyl halides is 3. The summed E-state index contributed by atoms with van der Waals surface area (Å²) in [6.07, 6.45) is -3.43. The van der Waals surface area contributed by atoms with Crippen LogP contribution in [0.15, 0.2) is 29.9 Å². The van der Waals surface area contributed by atoms with Crippen molar-refractivity contribution in [1.82, 2.24) is 9.97 Å². The third-order valence-corrected chi connectivity index (χ3v) is 3.93. The second-order valence-corrected chi connectivity index (χ2v) is 5.47. The molecule has 1 unspecified atom stereocenters. The first-order valence-corrected chi connectivity index (χ1v) is 7.02. The molecule has 0 fully saturated rings. The molecule has 5 nitrogen and oxygen atoms in total. The summed E-state index contributed by atoms with van der Waals surface area (Å²) in [5, 5.41) is 13.1. The van der Waals surface area contributed by atoms with Crippen molar-refractivity contribution < 1.29 is 23.1 Å². The Kier molecular flexibility index (Phi) is 4.47. The Balaban J connectivity index is 2.22. The number of anilines is 1. The van der Waals surface area contributed by atoms with Crippen molar-refractivity contribution in [1.29, 1.82) is 0 Å². The average molecular weight is 331 g/mol. The standard InChI is InChI=1S/C13H12F3N3O2S/c1-8-7-22-11(18-8)12(21,13(14,15)16)6-10(20)19-9-2-4-17-5-3-9/h2-5,7,21H,6H2,1H3,(H,17,19,20). The van der Waals surface area contributed by atoms with Crippen molar-refractivity contribution in [3.05, 3.63) is 40.6 Å². The van der Waals surface area contributed by atoms with E-state index in [4.69, 9.17) is 0 Å². The Morgan fingerprint density at radius 3 is 2.50 bits per heavy atom. The molecule has 0 saturated carbocycles. The fourth-order valence-electron chi connectivity index (χ4n) is 1.71. The lowest BCUT2D eigenvalue weighted by atomic mass is 9.99. The van der Waals surface area contributed by atoms with E-state index in [0.29, 0.717) is 22.7 Å². The number of pyridine rings is 1. The zero-order valence-corrected chi connectivity index (χ0v) is 12.2. The summed E-state index contributed by atoms with van der Waals surface area (Å²) < 4.78 is 39.7. The van der Waals surface area contributed by atoms with Gasteiger partial charge in [-0.05, 0) is 19.1 Å². The van der Waals surface area contributed by atoms with Gasteiger partial charge in [0.1, 0.15) is 5.01 Å². The molecule has 1 atom stereocenters. The molecule has 0 aromatic carbocycles. The molecule has 0 aliphatic carbocycles. The summed E-state index contributed by atoms with van der Waals surface area (Å²) in [6, 6.07) is 2.86. The van der Waals surface area contributed by atoms with E-state index in [1.807, 2.05) is 0 Å². The minimum absolute atomic E-state index is 0.292. The van der Waals surface area contributed by atoms with Gasteiger partial charge in [0.25, 0.3) is 0 Å². The minimum atomic E-state index is -5.02. The molecule has 2 heterocycles. The Morgan fingerprint density at radius 2 is 2.00 bits per heavy atom. The summed E-state index contributed by atoms with van der Waals surface area (Å²) in [5.41, 5.74) is -2.68. The van der Waals surface area contributed by atoms with Crippen LogP contribution < -0.4 is 5.32 Å². The Morgan fingerprint density at radius 1 is 1.36 bits per heavy atom. The van der Waals surface area contributed by atoms with E-state index in [-0.39, 0.29) is 0 Å². The zero-order chi connectivity index (χ0) is 16.4. The molecule has 1 amide bonds. The molecule has 2 N–H and O–H groups in total.